The predicted octanol–water partition coefficient (Wildman–Crippen LogP) is 2.84. The standard InChI is InChI=1S/C16H25N5/c1-7-17-14-11(2)12(10-13-18-8-9-21(13)6)19-15(20-14)16(3,4)5/h8-9H,7,10H2,1-6H3,(H,17,19,20). The molecule has 2 aromatic heterocycles. The summed E-state index contributed by atoms with van der Waals surface area (Å²) in [4.78, 5) is 13.9. The maximum absolute atomic E-state index is 4.80. The van der Waals surface area contributed by atoms with E-state index >= 15 is 0 Å². The number of nitrogens with one attached hydrogen (secondary N) is 1. The molecule has 21 heavy (non-hydrogen) atoms. The summed E-state index contributed by atoms with van der Waals surface area (Å²) < 4.78 is 2.03. The lowest BCUT2D eigenvalue weighted by atomic mass is 9.95. The number of rotatable bonds is 4. The monoisotopic (exact) mass is 287 g/mol. The van der Waals surface area contributed by atoms with Crippen LogP contribution in [0.15, 0.2) is 12.4 Å². The van der Waals surface area contributed by atoms with Crippen molar-refractivity contribution in [3.8, 4) is 0 Å². The molecule has 2 aromatic rings. The van der Waals surface area contributed by atoms with Crippen LogP contribution in [0.1, 0.15) is 50.6 Å². The summed E-state index contributed by atoms with van der Waals surface area (Å²) in [6.45, 7) is 11.4. The van der Waals surface area contributed by atoms with Gasteiger partial charge in [0.1, 0.15) is 17.5 Å². The summed E-state index contributed by atoms with van der Waals surface area (Å²) in [5.41, 5.74) is 2.07. The Bertz CT molecular complexity index is 622. The van der Waals surface area contributed by atoms with Crippen molar-refractivity contribution in [1.82, 2.24) is 19.5 Å². The smallest absolute Gasteiger partial charge is 0.136 e. The first-order chi connectivity index (χ1) is 9.82. The summed E-state index contributed by atoms with van der Waals surface area (Å²) in [7, 11) is 2.01. The van der Waals surface area contributed by atoms with Gasteiger partial charge in [0, 0.05) is 43.4 Å². The lowest BCUT2D eigenvalue weighted by molar-refractivity contribution is 0.541. The molecule has 2 heterocycles. The second-order valence-corrected chi connectivity index (χ2v) is 6.38. The Morgan fingerprint density at radius 1 is 1.24 bits per heavy atom. The Labute approximate surface area is 126 Å². The van der Waals surface area contributed by atoms with Gasteiger partial charge in [-0.25, -0.2) is 15.0 Å². The van der Waals surface area contributed by atoms with E-state index in [-0.39, 0.29) is 5.41 Å². The normalized spacial score (nSPS) is 11.7. The summed E-state index contributed by atoms with van der Waals surface area (Å²) in [5, 5.41) is 3.34. The van der Waals surface area contributed by atoms with Crippen LogP contribution in [0.3, 0.4) is 0 Å². The SMILES string of the molecule is CCNc1nc(C(C)(C)C)nc(Cc2nccn2C)c1C. The molecule has 0 fully saturated rings. The minimum absolute atomic E-state index is 0.0751. The van der Waals surface area contributed by atoms with E-state index in [0.717, 1.165) is 41.7 Å². The van der Waals surface area contributed by atoms with Gasteiger partial charge in [0.25, 0.3) is 0 Å². The van der Waals surface area contributed by atoms with Crippen LogP contribution >= 0.6 is 0 Å². The fourth-order valence-electron chi connectivity index (χ4n) is 2.13. The second kappa shape index (κ2) is 5.84. The molecule has 0 saturated carbocycles. The number of nitrogens with zero attached hydrogens (tertiary/aromatic N) is 4. The molecule has 0 aromatic carbocycles. The Balaban J connectivity index is 2.48. The molecule has 2 rings (SSSR count). The van der Waals surface area contributed by atoms with Crippen LogP contribution in [0.5, 0.6) is 0 Å². The van der Waals surface area contributed by atoms with Gasteiger partial charge in [0.2, 0.25) is 0 Å². The highest BCUT2D eigenvalue weighted by Gasteiger charge is 2.21. The third kappa shape index (κ3) is 3.40. The van der Waals surface area contributed by atoms with Crippen molar-refractivity contribution in [3.05, 3.63) is 35.3 Å². The van der Waals surface area contributed by atoms with E-state index in [1.807, 2.05) is 24.0 Å². The van der Waals surface area contributed by atoms with E-state index in [9.17, 15) is 0 Å². The van der Waals surface area contributed by atoms with Crippen LogP contribution in [0.2, 0.25) is 0 Å². The van der Waals surface area contributed by atoms with Crippen LogP contribution in [-0.4, -0.2) is 26.1 Å². The third-order valence-corrected chi connectivity index (χ3v) is 3.51. The molecule has 0 saturated heterocycles. The maximum Gasteiger partial charge on any atom is 0.136 e. The zero-order valence-corrected chi connectivity index (χ0v) is 13.9. The largest absolute Gasteiger partial charge is 0.370 e. The number of aryl methyl sites for hydroxylation is 1. The van der Waals surface area contributed by atoms with Gasteiger partial charge in [0.15, 0.2) is 0 Å². The molecule has 0 spiro atoms. The molecule has 0 aliphatic rings. The first kappa shape index (κ1) is 15.5. The number of hydrogen-bond acceptors (Lipinski definition) is 4. The molecule has 5 nitrogen and oxygen atoms in total. The molecule has 0 aliphatic carbocycles. The molecular formula is C16H25N5. The molecule has 0 atom stereocenters. The van der Waals surface area contributed by atoms with Crippen LogP contribution in [0.4, 0.5) is 5.82 Å². The molecule has 1 N–H and O–H groups in total. The van der Waals surface area contributed by atoms with Crippen molar-refractivity contribution in [3.63, 3.8) is 0 Å². The van der Waals surface area contributed by atoms with Gasteiger partial charge in [-0.05, 0) is 13.8 Å². The predicted molar refractivity (Wildman–Crippen MR) is 85.6 cm³/mol. The lowest BCUT2D eigenvalue weighted by Crippen LogP contribution is -2.20. The summed E-state index contributed by atoms with van der Waals surface area (Å²) >= 11 is 0. The van der Waals surface area contributed by atoms with Crippen molar-refractivity contribution in [2.24, 2.45) is 7.05 Å². The van der Waals surface area contributed by atoms with Crippen LogP contribution in [-0.2, 0) is 18.9 Å². The van der Waals surface area contributed by atoms with Crippen LogP contribution in [0.25, 0.3) is 0 Å². The van der Waals surface area contributed by atoms with Gasteiger partial charge < -0.3 is 9.88 Å². The van der Waals surface area contributed by atoms with E-state index in [0.29, 0.717) is 0 Å². The average Bonchev–Trinajstić information content (AvgIpc) is 2.78. The van der Waals surface area contributed by atoms with Gasteiger partial charge in [-0.15, -0.1) is 0 Å². The Kier molecular flexibility index (Phi) is 4.30. The van der Waals surface area contributed by atoms with Gasteiger partial charge in [-0.3, -0.25) is 0 Å². The number of imidazole rings is 1. The molecule has 5 heteroatoms. The van der Waals surface area contributed by atoms with E-state index in [4.69, 9.17) is 9.97 Å². The molecule has 0 unspecified atom stereocenters. The van der Waals surface area contributed by atoms with Gasteiger partial charge in [-0.2, -0.15) is 0 Å². The second-order valence-electron chi connectivity index (χ2n) is 6.38. The fraction of sp³-hybridized carbons (Fsp3) is 0.562. The number of hydrogen-bond donors (Lipinski definition) is 1. The maximum atomic E-state index is 4.80. The number of anilines is 1. The lowest BCUT2D eigenvalue weighted by Gasteiger charge is -2.20. The molecule has 0 aliphatic heterocycles. The van der Waals surface area contributed by atoms with Gasteiger partial charge in [0.05, 0.1) is 5.69 Å². The topological polar surface area (TPSA) is 55.6 Å². The summed E-state index contributed by atoms with van der Waals surface area (Å²) in [6.07, 6.45) is 4.50. The van der Waals surface area contributed by atoms with Crippen molar-refractivity contribution < 1.29 is 0 Å². The quantitative estimate of drug-likeness (QED) is 0.939. The van der Waals surface area contributed by atoms with Crippen LogP contribution < -0.4 is 5.32 Å². The van der Waals surface area contributed by atoms with E-state index in [2.05, 4.69) is 44.9 Å². The Morgan fingerprint density at radius 2 is 1.95 bits per heavy atom. The third-order valence-electron chi connectivity index (χ3n) is 3.51. The summed E-state index contributed by atoms with van der Waals surface area (Å²) in [5.74, 6) is 2.81. The zero-order valence-electron chi connectivity index (χ0n) is 13.9. The van der Waals surface area contributed by atoms with E-state index < -0.39 is 0 Å². The minimum atomic E-state index is -0.0751. The van der Waals surface area contributed by atoms with Crippen LogP contribution in [0, 0.1) is 6.92 Å². The van der Waals surface area contributed by atoms with Gasteiger partial charge in [-0.1, -0.05) is 20.8 Å². The highest BCUT2D eigenvalue weighted by Crippen LogP contribution is 2.24. The first-order valence-electron chi connectivity index (χ1n) is 7.41. The molecule has 0 radical (unpaired) electrons. The zero-order chi connectivity index (χ0) is 15.6. The first-order valence-corrected chi connectivity index (χ1v) is 7.41. The fourth-order valence-corrected chi connectivity index (χ4v) is 2.13. The molecule has 114 valence electrons. The highest BCUT2D eigenvalue weighted by atomic mass is 15.1. The Morgan fingerprint density at radius 3 is 2.48 bits per heavy atom. The van der Waals surface area contributed by atoms with Gasteiger partial charge >= 0.3 is 0 Å². The van der Waals surface area contributed by atoms with E-state index in [1.54, 1.807) is 0 Å². The summed E-state index contributed by atoms with van der Waals surface area (Å²) in [6, 6.07) is 0. The molecule has 0 amide bonds. The average molecular weight is 287 g/mol. The highest BCUT2D eigenvalue weighted by molar-refractivity contribution is 5.47. The number of aromatic nitrogens is 4. The van der Waals surface area contributed by atoms with Crippen molar-refractivity contribution in [2.75, 3.05) is 11.9 Å². The van der Waals surface area contributed by atoms with Crippen molar-refractivity contribution in [2.45, 2.75) is 46.5 Å². The molecule has 0 bridgehead atoms. The minimum Gasteiger partial charge on any atom is -0.370 e. The Hall–Kier alpha value is -1.91. The van der Waals surface area contributed by atoms with Crippen molar-refractivity contribution >= 4 is 5.82 Å². The molecular weight excluding hydrogens is 262 g/mol. The van der Waals surface area contributed by atoms with E-state index in [1.165, 1.54) is 0 Å². The van der Waals surface area contributed by atoms with Crippen molar-refractivity contribution in [1.29, 1.82) is 0 Å².